The van der Waals surface area contributed by atoms with Gasteiger partial charge in [0.05, 0.1) is 18.8 Å². The zero-order valence-corrected chi connectivity index (χ0v) is 17.8. The second-order valence-electron chi connectivity index (χ2n) is 9.40. The van der Waals surface area contributed by atoms with Crippen LogP contribution in [-0.4, -0.2) is 36.8 Å². The van der Waals surface area contributed by atoms with Crippen LogP contribution in [0.15, 0.2) is 11.5 Å². The molecular weight excluding hydrogens is 319 g/mol. The lowest BCUT2D eigenvalue weighted by Gasteiger charge is -2.39. The van der Waals surface area contributed by atoms with E-state index in [0.29, 0.717) is 18.6 Å². The monoisotopic (exact) mass is 355 g/mol. The lowest BCUT2D eigenvalue weighted by atomic mass is 9.76. The fourth-order valence-corrected chi connectivity index (χ4v) is 2.11. The summed E-state index contributed by atoms with van der Waals surface area (Å²) >= 11 is 4.59. The van der Waals surface area contributed by atoms with Crippen molar-refractivity contribution in [2.24, 2.45) is 5.41 Å². The molecule has 1 saturated heterocycles. The van der Waals surface area contributed by atoms with E-state index in [1.807, 2.05) is 7.48 Å². The molecule has 24 heavy (non-hydrogen) atoms. The van der Waals surface area contributed by atoms with E-state index in [2.05, 4.69) is 74.1 Å². The molecule has 1 spiro atoms. The number of rotatable bonds is 4. The van der Waals surface area contributed by atoms with Gasteiger partial charge in [-0.15, -0.1) is 0 Å². The maximum atomic E-state index is 5.93. The Labute approximate surface area is 155 Å². The topological polar surface area (TPSA) is 27.7 Å². The second kappa shape index (κ2) is 8.15. The first-order valence-electron chi connectivity index (χ1n) is 8.95. The van der Waals surface area contributed by atoms with Crippen LogP contribution in [0.3, 0.4) is 0 Å². The summed E-state index contributed by atoms with van der Waals surface area (Å²) in [4.78, 5) is 0. The van der Waals surface area contributed by atoms with Gasteiger partial charge in [-0.05, 0) is 39.5 Å². The molecule has 2 rings (SSSR count). The van der Waals surface area contributed by atoms with Crippen molar-refractivity contribution in [1.82, 2.24) is 0 Å². The van der Waals surface area contributed by atoms with Gasteiger partial charge in [-0.3, -0.25) is 0 Å². The van der Waals surface area contributed by atoms with E-state index in [4.69, 9.17) is 14.1 Å². The smallest absolute Gasteiger partial charge is 0.326 e. The van der Waals surface area contributed by atoms with E-state index >= 15 is 0 Å². The van der Waals surface area contributed by atoms with Crippen molar-refractivity contribution >= 4 is 20.1 Å². The Bertz CT molecular complexity index is 421. The molecule has 5 heteroatoms. The lowest BCUT2D eigenvalue weighted by Crippen LogP contribution is -2.44. The number of hydrogen-bond donors (Lipinski definition) is 1. The Morgan fingerprint density at radius 3 is 1.92 bits per heavy atom. The third-order valence-electron chi connectivity index (χ3n) is 4.26. The highest BCUT2D eigenvalue weighted by Gasteiger charge is 2.39. The van der Waals surface area contributed by atoms with Gasteiger partial charge in [0.15, 0.2) is 5.79 Å². The van der Waals surface area contributed by atoms with Crippen LogP contribution in [-0.2, 0) is 14.1 Å². The summed E-state index contributed by atoms with van der Waals surface area (Å²) in [6, 6.07) is 0. The summed E-state index contributed by atoms with van der Waals surface area (Å²) in [6.45, 7) is 18.4. The SMILES string of the molecule is CC(C)(C)C.CC(C)(S)C(C)(C)O[B]C1=CCC2(CC1)OCCO2. The van der Waals surface area contributed by atoms with Crippen molar-refractivity contribution in [2.75, 3.05) is 13.2 Å². The van der Waals surface area contributed by atoms with Crippen LogP contribution in [0.25, 0.3) is 0 Å². The molecule has 0 atom stereocenters. The van der Waals surface area contributed by atoms with Crippen LogP contribution < -0.4 is 0 Å². The van der Waals surface area contributed by atoms with Gasteiger partial charge >= 0.3 is 7.48 Å². The summed E-state index contributed by atoms with van der Waals surface area (Å²) < 4.78 is 17.1. The average Bonchev–Trinajstić information content (AvgIpc) is 2.83. The first-order chi connectivity index (χ1) is 10.7. The van der Waals surface area contributed by atoms with Gasteiger partial charge in [-0.2, -0.15) is 12.6 Å². The van der Waals surface area contributed by atoms with Crippen molar-refractivity contribution in [3.05, 3.63) is 11.5 Å². The van der Waals surface area contributed by atoms with E-state index < -0.39 is 0 Å². The molecule has 139 valence electrons. The quantitative estimate of drug-likeness (QED) is 0.570. The molecule has 0 aromatic carbocycles. The van der Waals surface area contributed by atoms with Crippen LogP contribution in [0.4, 0.5) is 0 Å². The summed E-state index contributed by atoms with van der Waals surface area (Å²) in [7, 11) is 1.87. The van der Waals surface area contributed by atoms with Gasteiger partial charge in [-0.25, -0.2) is 0 Å². The Hall–Kier alpha value is 0.0349. The van der Waals surface area contributed by atoms with Crippen LogP contribution in [0.1, 0.15) is 74.7 Å². The van der Waals surface area contributed by atoms with Crippen molar-refractivity contribution in [3.8, 4) is 0 Å². The molecule has 0 amide bonds. The van der Waals surface area contributed by atoms with E-state index in [1.54, 1.807) is 0 Å². The van der Waals surface area contributed by atoms with E-state index in [0.717, 1.165) is 19.3 Å². The summed E-state index contributed by atoms with van der Waals surface area (Å²) in [6.07, 6.45) is 4.82. The van der Waals surface area contributed by atoms with Gasteiger partial charge in [0.25, 0.3) is 0 Å². The maximum Gasteiger partial charge on any atom is 0.326 e. The van der Waals surface area contributed by atoms with Crippen LogP contribution in [0.2, 0.25) is 0 Å². The maximum absolute atomic E-state index is 5.93. The van der Waals surface area contributed by atoms with Crippen molar-refractivity contribution in [1.29, 1.82) is 0 Å². The summed E-state index contributed by atoms with van der Waals surface area (Å²) in [5.41, 5.74) is 1.40. The molecular formula is C19H36BO3S. The molecule has 0 aromatic heterocycles. The van der Waals surface area contributed by atoms with Gasteiger partial charge in [-0.1, -0.05) is 39.2 Å². The third-order valence-corrected chi connectivity index (χ3v) is 4.80. The largest absolute Gasteiger partial charge is 0.429 e. The molecule has 0 N–H and O–H groups in total. The zero-order valence-electron chi connectivity index (χ0n) is 16.9. The number of ether oxygens (including phenoxy) is 2. The molecule has 0 aromatic rings. The summed E-state index contributed by atoms with van der Waals surface area (Å²) in [5.74, 6) is -0.352. The normalized spacial score (nSPS) is 21.1. The van der Waals surface area contributed by atoms with Crippen LogP contribution in [0.5, 0.6) is 0 Å². The molecule has 2 aliphatic rings. The Morgan fingerprint density at radius 2 is 1.54 bits per heavy atom. The minimum absolute atomic E-state index is 0.197. The molecule has 1 radical (unpaired) electrons. The third kappa shape index (κ3) is 7.51. The number of hydrogen-bond acceptors (Lipinski definition) is 4. The number of allylic oxidation sites excluding steroid dienone is 1. The molecule has 1 aliphatic heterocycles. The fourth-order valence-electron chi connectivity index (χ4n) is 2.06. The highest BCUT2D eigenvalue weighted by atomic mass is 32.1. The van der Waals surface area contributed by atoms with E-state index in [1.165, 1.54) is 5.47 Å². The minimum Gasteiger partial charge on any atom is -0.429 e. The molecule has 1 fully saturated rings. The van der Waals surface area contributed by atoms with Gasteiger partial charge < -0.3 is 14.1 Å². The molecule has 0 saturated carbocycles. The van der Waals surface area contributed by atoms with E-state index in [9.17, 15) is 0 Å². The van der Waals surface area contributed by atoms with Crippen LogP contribution >= 0.6 is 12.6 Å². The first kappa shape index (κ1) is 22.1. The van der Waals surface area contributed by atoms with Crippen molar-refractivity contribution in [3.63, 3.8) is 0 Å². The van der Waals surface area contributed by atoms with Gasteiger partial charge in [0.2, 0.25) is 0 Å². The molecule has 1 heterocycles. The minimum atomic E-state index is -0.352. The standard InChI is InChI=1S/C14H24BO3S.C5H12/c1-12(2,13(3,4)19)18-15-11-5-7-14(8-6-11)16-9-10-17-14;1-5(2,3)4/h5,19H,6-10H2,1-4H3;1-4H3. The molecule has 0 bridgehead atoms. The molecule has 0 unspecified atom stereocenters. The van der Waals surface area contributed by atoms with Crippen LogP contribution in [0, 0.1) is 5.41 Å². The fraction of sp³-hybridized carbons (Fsp3) is 0.895. The van der Waals surface area contributed by atoms with Gasteiger partial charge in [0.1, 0.15) is 0 Å². The van der Waals surface area contributed by atoms with Gasteiger partial charge in [0, 0.05) is 17.6 Å². The van der Waals surface area contributed by atoms with Crippen molar-refractivity contribution in [2.45, 2.75) is 90.8 Å². The Balaban J connectivity index is 0.000000505. The molecule has 3 nitrogen and oxygen atoms in total. The van der Waals surface area contributed by atoms with E-state index in [-0.39, 0.29) is 16.1 Å². The highest BCUT2D eigenvalue weighted by molar-refractivity contribution is 7.81. The predicted molar refractivity (Wildman–Crippen MR) is 106 cm³/mol. The predicted octanol–water partition coefficient (Wildman–Crippen LogP) is 4.97. The Kier molecular flexibility index (Phi) is 7.50. The highest BCUT2D eigenvalue weighted by Crippen LogP contribution is 2.36. The first-order valence-corrected chi connectivity index (χ1v) is 9.39. The summed E-state index contributed by atoms with van der Waals surface area (Å²) in [5, 5.41) is 0. The molecule has 1 aliphatic carbocycles. The lowest BCUT2D eigenvalue weighted by molar-refractivity contribution is -0.161. The van der Waals surface area contributed by atoms with Crippen molar-refractivity contribution < 1.29 is 14.1 Å². The Morgan fingerprint density at radius 1 is 1.04 bits per heavy atom. The number of thiol groups is 1. The second-order valence-corrected chi connectivity index (χ2v) is 10.5. The average molecular weight is 355 g/mol. The zero-order chi connectivity index (χ0) is 18.6.